The van der Waals surface area contributed by atoms with Gasteiger partial charge in [0, 0.05) is 16.5 Å². The standard InChI is InChI=1S/C20H17BrN2O4S/c1-2-18-22-23-20(27-18)28-17(19(24)25)11-14-10-15(21)8-9-16(14)26-12-13-6-4-3-5-7-13/h3-11H,2,12H2,1H3,(H,24,25)/b17-11-. The van der Waals surface area contributed by atoms with Gasteiger partial charge in [-0.15, -0.1) is 10.2 Å². The van der Waals surface area contributed by atoms with Crippen LogP contribution in [0.15, 0.2) is 67.5 Å². The Kier molecular flexibility index (Phi) is 6.89. The Hall–Kier alpha value is -2.58. The number of thioether (sulfide) groups is 1. The predicted octanol–water partition coefficient (Wildman–Crippen LogP) is 5.19. The molecule has 6 nitrogen and oxygen atoms in total. The van der Waals surface area contributed by atoms with E-state index in [2.05, 4.69) is 26.1 Å². The van der Waals surface area contributed by atoms with Crippen molar-refractivity contribution in [3.8, 4) is 5.75 Å². The Bertz CT molecular complexity index is 989. The molecule has 0 bridgehead atoms. The number of aliphatic carboxylic acids is 1. The van der Waals surface area contributed by atoms with E-state index >= 15 is 0 Å². The molecule has 1 N–H and O–H groups in total. The topological polar surface area (TPSA) is 85.5 Å². The number of hydrogen-bond acceptors (Lipinski definition) is 6. The fourth-order valence-corrected chi connectivity index (χ4v) is 3.35. The van der Waals surface area contributed by atoms with Gasteiger partial charge in [0.25, 0.3) is 5.22 Å². The van der Waals surface area contributed by atoms with E-state index in [-0.39, 0.29) is 10.1 Å². The Labute approximate surface area is 174 Å². The van der Waals surface area contributed by atoms with Crippen LogP contribution in [0.2, 0.25) is 0 Å². The summed E-state index contributed by atoms with van der Waals surface area (Å²) in [6, 6.07) is 15.2. The van der Waals surface area contributed by atoms with Crippen LogP contribution >= 0.6 is 27.7 Å². The molecular weight excluding hydrogens is 444 g/mol. The minimum Gasteiger partial charge on any atom is -0.488 e. The van der Waals surface area contributed by atoms with Crippen molar-refractivity contribution >= 4 is 39.7 Å². The predicted molar refractivity (Wildman–Crippen MR) is 110 cm³/mol. The highest BCUT2D eigenvalue weighted by Crippen LogP contribution is 2.32. The van der Waals surface area contributed by atoms with Gasteiger partial charge in [-0.1, -0.05) is 53.2 Å². The number of hydrogen-bond donors (Lipinski definition) is 1. The van der Waals surface area contributed by atoms with Gasteiger partial charge in [0.15, 0.2) is 0 Å². The lowest BCUT2D eigenvalue weighted by Gasteiger charge is -2.10. The van der Waals surface area contributed by atoms with Crippen LogP contribution in [0.1, 0.15) is 23.9 Å². The molecule has 0 fully saturated rings. The van der Waals surface area contributed by atoms with Crippen LogP contribution in [0.3, 0.4) is 0 Å². The number of carbonyl (C=O) groups is 1. The molecule has 0 amide bonds. The largest absolute Gasteiger partial charge is 0.488 e. The Balaban J connectivity index is 1.86. The second-order valence-electron chi connectivity index (χ2n) is 5.69. The van der Waals surface area contributed by atoms with Crippen molar-refractivity contribution in [2.45, 2.75) is 25.2 Å². The summed E-state index contributed by atoms with van der Waals surface area (Å²) in [4.78, 5) is 11.8. The summed E-state index contributed by atoms with van der Waals surface area (Å²) >= 11 is 4.33. The highest BCUT2D eigenvalue weighted by molar-refractivity contribution is 9.10. The Morgan fingerprint density at radius 3 is 2.71 bits per heavy atom. The number of aryl methyl sites for hydroxylation is 1. The summed E-state index contributed by atoms with van der Waals surface area (Å²) in [6.07, 6.45) is 2.12. The minimum absolute atomic E-state index is 0.0500. The molecule has 0 aliphatic carbocycles. The Morgan fingerprint density at radius 2 is 2.04 bits per heavy atom. The van der Waals surface area contributed by atoms with Crippen molar-refractivity contribution in [3.05, 3.63) is 74.9 Å². The molecule has 0 aliphatic rings. The lowest BCUT2D eigenvalue weighted by molar-refractivity contribution is -0.131. The molecule has 0 unspecified atom stereocenters. The van der Waals surface area contributed by atoms with Gasteiger partial charge in [-0.05, 0) is 41.6 Å². The molecule has 0 aliphatic heterocycles. The van der Waals surface area contributed by atoms with E-state index in [1.165, 1.54) is 6.08 Å². The maximum atomic E-state index is 11.7. The van der Waals surface area contributed by atoms with E-state index in [9.17, 15) is 9.90 Å². The lowest BCUT2D eigenvalue weighted by Crippen LogP contribution is -1.99. The Morgan fingerprint density at radius 1 is 1.25 bits per heavy atom. The van der Waals surface area contributed by atoms with Gasteiger partial charge in [-0.2, -0.15) is 0 Å². The van der Waals surface area contributed by atoms with E-state index in [0.29, 0.717) is 30.2 Å². The molecule has 0 atom stereocenters. The van der Waals surface area contributed by atoms with Crippen LogP contribution in [-0.4, -0.2) is 21.3 Å². The van der Waals surface area contributed by atoms with Crippen molar-refractivity contribution < 1.29 is 19.1 Å². The monoisotopic (exact) mass is 460 g/mol. The van der Waals surface area contributed by atoms with Crippen molar-refractivity contribution in [2.75, 3.05) is 0 Å². The van der Waals surface area contributed by atoms with Crippen molar-refractivity contribution in [2.24, 2.45) is 0 Å². The van der Waals surface area contributed by atoms with E-state index in [0.717, 1.165) is 21.8 Å². The first-order valence-corrected chi connectivity index (χ1v) is 10.1. The first-order valence-electron chi connectivity index (χ1n) is 8.46. The summed E-state index contributed by atoms with van der Waals surface area (Å²) in [5.74, 6) is -0.0528. The molecule has 2 aromatic carbocycles. The van der Waals surface area contributed by atoms with Gasteiger partial charge >= 0.3 is 5.97 Å². The molecule has 3 rings (SSSR count). The quantitative estimate of drug-likeness (QED) is 0.365. The fraction of sp³-hybridized carbons (Fsp3) is 0.150. The minimum atomic E-state index is -1.09. The number of ether oxygens (including phenoxy) is 1. The first kappa shape index (κ1) is 20.2. The van der Waals surface area contributed by atoms with Crippen molar-refractivity contribution in [3.63, 3.8) is 0 Å². The van der Waals surface area contributed by atoms with Crippen LogP contribution in [0.5, 0.6) is 5.75 Å². The second kappa shape index (κ2) is 9.57. The third kappa shape index (κ3) is 5.46. The normalized spacial score (nSPS) is 11.4. The van der Waals surface area contributed by atoms with E-state index < -0.39 is 5.97 Å². The SMILES string of the molecule is CCc1nnc(S/C(=C\c2cc(Br)ccc2OCc2ccccc2)C(=O)O)o1. The number of benzene rings is 2. The van der Waals surface area contributed by atoms with Crippen LogP contribution in [0.4, 0.5) is 0 Å². The summed E-state index contributed by atoms with van der Waals surface area (Å²) in [5, 5.41) is 17.5. The molecule has 0 saturated heterocycles. The molecule has 1 heterocycles. The lowest BCUT2D eigenvalue weighted by atomic mass is 10.2. The molecule has 0 spiro atoms. The molecule has 144 valence electrons. The molecule has 28 heavy (non-hydrogen) atoms. The van der Waals surface area contributed by atoms with Crippen LogP contribution in [0.25, 0.3) is 6.08 Å². The van der Waals surface area contributed by atoms with E-state index in [4.69, 9.17) is 9.15 Å². The molecule has 1 aromatic heterocycles. The summed E-state index contributed by atoms with van der Waals surface area (Å²) in [7, 11) is 0. The summed E-state index contributed by atoms with van der Waals surface area (Å²) in [6.45, 7) is 2.26. The average Bonchev–Trinajstić information content (AvgIpc) is 3.15. The number of nitrogens with zero attached hydrogens (tertiary/aromatic N) is 2. The zero-order valence-corrected chi connectivity index (χ0v) is 17.4. The summed E-state index contributed by atoms with van der Waals surface area (Å²) in [5.41, 5.74) is 1.65. The van der Waals surface area contributed by atoms with E-state index in [1.807, 2.05) is 43.3 Å². The number of carboxylic acids is 1. The second-order valence-corrected chi connectivity index (χ2v) is 7.60. The first-order chi connectivity index (χ1) is 13.5. The number of carboxylic acid groups (broad SMARTS) is 1. The maximum absolute atomic E-state index is 11.7. The molecule has 0 saturated carbocycles. The fourth-order valence-electron chi connectivity index (χ4n) is 2.29. The molecule has 0 radical (unpaired) electrons. The van der Waals surface area contributed by atoms with Gasteiger partial charge in [-0.25, -0.2) is 4.79 Å². The highest BCUT2D eigenvalue weighted by Gasteiger charge is 2.16. The number of halogens is 1. The zero-order valence-electron chi connectivity index (χ0n) is 15.0. The third-order valence-electron chi connectivity index (χ3n) is 3.65. The van der Waals surface area contributed by atoms with Gasteiger partial charge in [0.2, 0.25) is 5.89 Å². The number of rotatable bonds is 8. The average molecular weight is 461 g/mol. The molecular formula is C20H17BrN2O4S. The van der Waals surface area contributed by atoms with Gasteiger partial charge in [0.05, 0.1) is 0 Å². The summed E-state index contributed by atoms with van der Waals surface area (Å²) < 4.78 is 12.1. The number of aromatic nitrogens is 2. The smallest absolute Gasteiger partial charge is 0.342 e. The van der Waals surface area contributed by atoms with Gasteiger partial charge in [-0.3, -0.25) is 0 Å². The molecule has 3 aromatic rings. The van der Waals surface area contributed by atoms with Crippen LogP contribution < -0.4 is 4.74 Å². The zero-order chi connectivity index (χ0) is 19.9. The molecule has 8 heteroatoms. The highest BCUT2D eigenvalue weighted by atomic mass is 79.9. The van der Waals surface area contributed by atoms with Gasteiger partial charge in [0.1, 0.15) is 17.3 Å². The maximum Gasteiger partial charge on any atom is 0.342 e. The van der Waals surface area contributed by atoms with Crippen molar-refractivity contribution in [1.29, 1.82) is 0 Å². The van der Waals surface area contributed by atoms with Crippen LogP contribution in [-0.2, 0) is 17.8 Å². The van der Waals surface area contributed by atoms with Gasteiger partial charge < -0.3 is 14.3 Å². The third-order valence-corrected chi connectivity index (χ3v) is 5.00. The van der Waals surface area contributed by atoms with Crippen LogP contribution in [0, 0.1) is 0 Å². The van der Waals surface area contributed by atoms with Crippen molar-refractivity contribution in [1.82, 2.24) is 10.2 Å². The van der Waals surface area contributed by atoms with E-state index in [1.54, 1.807) is 12.1 Å².